The van der Waals surface area contributed by atoms with Crippen molar-refractivity contribution in [2.75, 3.05) is 11.6 Å². The van der Waals surface area contributed by atoms with Crippen LogP contribution in [0.2, 0.25) is 10.0 Å². The number of nitrogens with one attached hydrogen (secondary N) is 1. The van der Waals surface area contributed by atoms with Gasteiger partial charge in [0.15, 0.2) is 9.84 Å². The van der Waals surface area contributed by atoms with Gasteiger partial charge in [0.2, 0.25) is 0 Å². The van der Waals surface area contributed by atoms with E-state index in [2.05, 4.69) is 5.32 Å². The molecule has 0 aliphatic heterocycles. The topological polar surface area (TPSA) is 46.2 Å². The van der Waals surface area contributed by atoms with Gasteiger partial charge in [-0.25, -0.2) is 8.42 Å². The van der Waals surface area contributed by atoms with Crippen LogP contribution in [-0.2, 0) is 16.4 Å². The van der Waals surface area contributed by atoms with Gasteiger partial charge in [-0.05, 0) is 29.8 Å². The van der Waals surface area contributed by atoms with Crippen LogP contribution in [0.25, 0.3) is 0 Å². The molecule has 6 heteroatoms. The highest BCUT2D eigenvalue weighted by molar-refractivity contribution is 7.90. The van der Waals surface area contributed by atoms with Gasteiger partial charge in [0.1, 0.15) is 0 Å². The summed E-state index contributed by atoms with van der Waals surface area (Å²) in [5.41, 5.74) is 1.49. The van der Waals surface area contributed by atoms with Crippen molar-refractivity contribution >= 4 is 38.7 Å². The largest absolute Gasteiger partial charge is 0.380 e. The van der Waals surface area contributed by atoms with E-state index in [0.717, 1.165) is 5.56 Å². The Labute approximate surface area is 128 Å². The van der Waals surface area contributed by atoms with Crippen molar-refractivity contribution < 1.29 is 8.42 Å². The van der Waals surface area contributed by atoms with E-state index in [-0.39, 0.29) is 4.90 Å². The van der Waals surface area contributed by atoms with Crippen LogP contribution in [0.15, 0.2) is 47.4 Å². The molecule has 0 spiro atoms. The fraction of sp³-hybridized carbons (Fsp3) is 0.143. The third-order valence-corrected chi connectivity index (χ3v) is 4.65. The van der Waals surface area contributed by atoms with E-state index in [1.165, 1.54) is 6.26 Å². The van der Waals surface area contributed by atoms with Crippen LogP contribution in [0, 0.1) is 0 Å². The van der Waals surface area contributed by atoms with E-state index in [1.54, 1.807) is 36.4 Å². The van der Waals surface area contributed by atoms with Gasteiger partial charge in [-0.15, -0.1) is 0 Å². The molecule has 0 unspecified atom stereocenters. The van der Waals surface area contributed by atoms with Gasteiger partial charge in [0.05, 0.1) is 20.6 Å². The Hall–Kier alpha value is -1.23. The van der Waals surface area contributed by atoms with Crippen LogP contribution < -0.4 is 5.32 Å². The molecule has 0 aliphatic carbocycles. The van der Waals surface area contributed by atoms with Crippen LogP contribution in [0.3, 0.4) is 0 Å². The van der Waals surface area contributed by atoms with E-state index in [9.17, 15) is 8.42 Å². The third-order valence-electron chi connectivity index (χ3n) is 2.75. The first-order valence-corrected chi connectivity index (χ1v) is 8.49. The minimum Gasteiger partial charge on any atom is -0.380 e. The van der Waals surface area contributed by atoms with Crippen molar-refractivity contribution in [3.8, 4) is 0 Å². The van der Waals surface area contributed by atoms with Gasteiger partial charge in [-0.3, -0.25) is 0 Å². The van der Waals surface area contributed by atoms with Gasteiger partial charge >= 0.3 is 0 Å². The molecule has 0 saturated heterocycles. The number of halogens is 2. The second-order valence-corrected chi connectivity index (χ2v) is 7.17. The van der Waals surface area contributed by atoms with Crippen molar-refractivity contribution in [3.05, 3.63) is 58.1 Å². The molecule has 0 aliphatic rings. The average molecular weight is 330 g/mol. The highest BCUT2D eigenvalue weighted by Crippen LogP contribution is 2.24. The lowest BCUT2D eigenvalue weighted by atomic mass is 10.2. The first kappa shape index (κ1) is 15.2. The van der Waals surface area contributed by atoms with Gasteiger partial charge in [0, 0.05) is 12.8 Å². The highest BCUT2D eigenvalue weighted by Gasteiger charge is 2.12. The minimum absolute atomic E-state index is 0.278. The summed E-state index contributed by atoms with van der Waals surface area (Å²) in [6, 6.07) is 12.1. The summed E-state index contributed by atoms with van der Waals surface area (Å²) in [5.74, 6) is 0. The fourth-order valence-electron chi connectivity index (χ4n) is 1.78. The molecule has 0 atom stereocenters. The van der Waals surface area contributed by atoms with Gasteiger partial charge in [0.25, 0.3) is 0 Å². The lowest BCUT2D eigenvalue weighted by molar-refractivity contribution is 0.602. The SMILES string of the molecule is CS(=O)(=O)c1ccccc1NCc1ccc(Cl)c(Cl)c1. The van der Waals surface area contributed by atoms with Gasteiger partial charge < -0.3 is 5.32 Å². The number of hydrogen-bond donors (Lipinski definition) is 1. The standard InChI is InChI=1S/C14H13Cl2NO2S/c1-20(18,19)14-5-3-2-4-13(14)17-9-10-6-7-11(15)12(16)8-10/h2-8,17H,9H2,1H3. The molecule has 0 aromatic heterocycles. The highest BCUT2D eigenvalue weighted by atomic mass is 35.5. The summed E-state index contributed by atoms with van der Waals surface area (Å²) < 4.78 is 23.4. The monoisotopic (exact) mass is 329 g/mol. The molecule has 3 nitrogen and oxygen atoms in total. The first-order valence-electron chi connectivity index (χ1n) is 5.85. The maximum atomic E-state index is 11.7. The lowest BCUT2D eigenvalue weighted by Crippen LogP contribution is -2.06. The number of para-hydroxylation sites is 1. The molecule has 0 bridgehead atoms. The zero-order valence-corrected chi connectivity index (χ0v) is 13.1. The van der Waals surface area contributed by atoms with Crippen molar-refractivity contribution in [2.45, 2.75) is 11.4 Å². The molecule has 0 saturated carbocycles. The predicted octanol–water partition coefficient (Wildman–Crippen LogP) is 4.01. The second kappa shape index (κ2) is 6.04. The van der Waals surface area contributed by atoms with E-state index in [1.807, 2.05) is 6.07 Å². The van der Waals surface area contributed by atoms with Crippen molar-refractivity contribution in [1.82, 2.24) is 0 Å². The summed E-state index contributed by atoms with van der Waals surface area (Å²) in [4.78, 5) is 0.278. The van der Waals surface area contributed by atoms with Gasteiger partial charge in [-0.2, -0.15) is 0 Å². The maximum Gasteiger partial charge on any atom is 0.177 e. The average Bonchev–Trinajstić information content (AvgIpc) is 2.39. The van der Waals surface area contributed by atoms with E-state index in [0.29, 0.717) is 22.3 Å². The molecular weight excluding hydrogens is 317 g/mol. The Morgan fingerprint density at radius 3 is 2.40 bits per heavy atom. The van der Waals surface area contributed by atoms with Crippen LogP contribution in [0.4, 0.5) is 5.69 Å². The number of anilines is 1. The Balaban J connectivity index is 2.21. The smallest absolute Gasteiger partial charge is 0.177 e. The molecule has 20 heavy (non-hydrogen) atoms. The minimum atomic E-state index is -3.26. The number of hydrogen-bond acceptors (Lipinski definition) is 3. The van der Waals surface area contributed by atoms with Crippen LogP contribution >= 0.6 is 23.2 Å². The van der Waals surface area contributed by atoms with Crippen molar-refractivity contribution in [1.29, 1.82) is 0 Å². The zero-order valence-electron chi connectivity index (χ0n) is 10.7. The lowest BCUT2D eigenvalue weighted by Gasteiger charge is -2.11. The molecule has 0 radical (unpaired) electrons. The summed E-state index contributed by atoms with van der Waals surface area (Å²) in [7, 11) is -3.26. The van der Waals surface area contributed by atoms with E-state index < -0.39 is 9.84 Å². The number of sulfone groups is 1. The molecule has 0 amide bonds. The summed E-state index contributed by atoms with van der Waals surface area (Å²) in [6.45, 7) is 0.462. The number of rotatable bonds is 4. The Morgan fingerprint density at radius 2 is 1.75 bits per heavy atom. The van der Waals surface area contributed by atoms with Crippen LogP contribution in [0.1, 0.15) is 5.56 Å². The van der Waals surface area contributed by atoms with E-state index in [4.69, 9.17) is 23.2 Å². The van der Waals surface area contributed by atoms with Gasteiger partial charge in [-0.1, -0.05) is 41.4 Å². The molecule has 2 aromatic rings. The fourth-order valence-corrected chi connectivity index (χ4v) is 2.97. The molecule has 2 rings (SSSR count). The molecule has 0 heterocycles. The maximum absolute atomic E-state index is 11.7. The van der Waals surface area contributed by atoms with Crippen molar-refractivity contribution in [3.63, 3.8) is 0 Å². The number of benzene rings is 2. The Bertz CT molecular complexity index is 730. The molecule has 1 N–H and O–H groups in total. The summed E-state index contributed by atoms with van der Waals surface area (Å²) in [5, 5.41) is 4.07. The molecule has 2 aromatic carbocycles. The summed E-state index contributed by atoms with van der Waals surface area (Å²) >= 11 is 11.8. The second-order valence-electron chi connectivity index (χ2n) is 4.37. The first-order chi connectivity index (χ1) is 9.38. The summed E-state index contributed by atoms with van der Waals surface area (Å²) in [6.07, 6.45) is 1.19. The van der Waals surface area contributed by atoms with Crippen molar-refractivity contribution in [2.24, 2.45) is 0 Å². The third kappa shape index (κ3) is 3.66. The van der Waals surface area contributed by atoms with Crippen LogP contribution in [0.5, 0.6) is 0 Å². The quantitative estimate of drug-likeness (QED) is 0.921. The molecular formula is C14H13Cl2NO2S. The van der Waals surface area contributed by atoms with Crippen LogP contribution in [-0.4, -0.2) is 14.7 Å². The predicted molar refractivity (Wildman–Crippen MR) is 83.3 cm³/mol. The molecule has 106 valence electrons. The zero-order chi connectivity index (χ0) is 14.8. The van der Waals surface area contributed by atoms with E-state index >= 15 is 0 Å². The molecule has 0 fully saturated rings. The Kier molecular flexibility index (Phi) is 4.58. The Morgan fingerprint density at radius 1 is 1.05 bits per heavy atom. The normalized spacial score (nSPS) is 11.3.